The van der Waals surface area contributed by atoms with Crippen molar-refractivity contribution in [1.82, 2.24) is 18.1 Å². The molecule has 1 aliphatic heterocycles. The van der Waals surface area contributed by atoms with Gasteiger partial charge in [-0.15, -0.1) is 0 Å². The van der Waals surface area contributed by atoms with Crippen LogP contribution < -0.4 is 30.9 Å². The van der Waals surface area contributed by atoms with Gasteiger partial charge >= 0.3 is 158 Å². The number of aromatic amines is 1. The van der Waals surface area contributed by atoms with Gasteiger partial charge in [-0.1, -0.05) is 0 Å². The normalized spacial score (nSPS) is 15.3. The number of rotatable bonds is 4. The van der Waals surface area contributed by atoms with Crippen molar-refractivity contribution in [3.8, 4) is 17.3 Å². The van der Waals surface area contributed by atoms with Crippen LogP contribution in [0.15, 0.2) is 30.3 Å². The number of esters is 1. The minimum atomic E-state index is -0.449. The number of imidazole rings is 1. The van der Waals surface area contributed by atoms with Gasteiger partial charge in [0.25, 0.3) is 0 Å². The van der Waals surface area contributed by atoms with Crippen molar-refractivity contribution < 1.29 is 30.8 Å². The molecule has 4 rings (SSSR count). The Balaban J connectivity index is 1.57. The second kappa shape index (κ2) is 8.26. The molecule has 3 aromatic rings. The van der Waals surface area contributed by atoms with Crippen molar-refractivity contribution in [2.75, 3.05) is 31.1 Å². The van der Waals surface area contributed by atoms with E-state index < -0.39 is 5.97 Å². The predicted molar refractivity (Wildman–Crippen MR) is 105 cm³/mol. The molecule has 2 aromatic heterocycles. The SMILES string of the molecule is [B][I-]N1CCN(c2ccc(-c3nc4nc(OC(C)=O)[nH]c4cc3Cl)cc2)CC1. The molecule has 28 heavy (non-hydrogen) atoms. The number of aromatic nitrogens is 3. The number of ether oxygens (including phenoxy) is 1. The van der Waals surface area contributed by atoms with Gasteiger partial charge in [0.05, 0.1) is 0 Å². The number of nitrogens with zero attached hydrogens (tertiary/aromatic N) is 4. The Kier molecular flexibility index (Phi) is 5.74. The molecule has 0 amide bonds. The van der Waals surface area contributed by atoms with Gasteiger partial charge in [0.2, 0.25) is 0 Å². The van der Waals surface area contributed by atoms with Crippen LogP contribution in [0.3, 0.4) is 0 Å². The van der Waals surface area contributed by atoms with E-state index in [2.05, 4.69) is 35.1 Å². The Hall–Kier alpha value is -1.85. The molecule has 3 heterocycles. The fourth-order valence-electron chi connectivity index (χ4n) is 3.15. The summed E-state index contributed by atoms with van der Waals surface area (Å²) in [6.07, 6.45) is 0. The second-order valence-corrected chi connectivity index (χ2v) is 8.70. The molecule has 1 aliphatic rings. The third kappa shape index (κ3) is 4.11. The molecule has 0 unspecified atom stereocenters. The number of fused-ring (bicyclic) bond motifs is 1. The van der Waals surface area contributed by atoms with Crippen molar-refractivity contribution in [3.63, 3.8) is 0 Å². The summed E-state index contributed by atoms with van der Waals surface area (Å²) in [6, 6.07) is 10.0. The number of carbonyl (C=O) groups is 1. The average molecular weight is 509 g/mol. The van der Waals surface area contributed by atoms with Gasteiger partial charge < -0.3 is 9.72 Å². The number of H-pyrrole nitrogens is 1. The number of hydrogen-bond acceptors (Lipinski definition) is 6. The molecule has 1 saturated heterocycles. The number of nitrogens with one attached hydrogen (secondary N) is 1. The Morgan fingerprint density at radius 1 is 1.21 bits per heavy atom. The van der Waals surface area contributed by atoms with Crippen LogP contribution >= 0.6 is 11.6 Å². The first-order valence-electron chi connectivity index (χ1n) is 8.72. The van der Waals surface area contributed by atoms with E-state index in [1.807, 2.05) is 12.1 Å². The van der Waals surface area contributed by atoms with Crippen LogP contribution in [0.25, 0.3) is 22.4 Å². The number of pyridine rings is 1. The van der Waals surface area contributed by atoms with E-state index in [1.54, 1.807) is 6.07 Å². The van der Waals surface area contributed by atoms with Crippen molar-refractivity contribution in [2.45, 2.75) is 6.92 Å². The van der Waals surface area contributed by atoms with Crippen LogP contribution in [0.4, 0.5) is 5.69 Å². The predicted octanol–water partition coefficient (Wildman–Crippen LogP) is -0.587. The number of benzene rings is 1. The van der Waals surface area contributed by atoms with Gasteiger partial charge in [0.1, 0.15) is 0 Å². The molecule has 1 N–H and O–H groups in total. The number of anilines is 1. The molecule has 0 bridgehead atoms. The van der Waals surface area contributed by atoms with Crippen molar-refractivity contribution in [1.29, 1.82) is 0 Å². The van der Waals surface area contributed by atoms with Crippen LogP contribution in [-0.4, -0.2) is 55.9 Å². The number of piperazine rings is 1. The van der Waals surface area contributed by atoms with Crippen LogP contribution in [-0.2, 0) is 4.79 Å². The Morgan fingerprint density at radius 3 is 2.57 bits per heavy atom. The molecular formula is C18H17BClIN5O2-. The van der Waals surface area contributed by atoms with Crippen LogP contribution in [0.2, 0.25) is 5.02 Å². The zero-order valence-electron chi connectivity index (χ0n) is 15.2. The molecular weight excluding hydrogens is 491 g/mol. The zero-order chi connectivity index (χ0) is 19.7. The molecule has 10 heteroatoms. The molecule has 1 aromatic carbocycles. The molecule has 1 fully saturated rings. The second-order valence-electron chi connectivity index (χ2n) is 6.37. The Bertz CT molecular complexity index is 1010. The molecule has 0 aliphatic carbocycles. The molecule has 0 saturated carbocycles. The third-order valence-electron chi connectivity index (χ3n) is 4.51. The van der Waals surface area contributed by atoms with E-state index in [9.17, 15) is 4.79 Å². The first kappa shape index (κ1) is 19.5. The Morgan fingerprint density at radius 2 is 1.93 bits per heavy atom. The van der Waals surface area contributed by atoms with Gasteiger partial charge in [-0.3, -0.25) is 4.79 Å². The average Bonchev–Trinajstić information content (AvgIpc) is 3.07. The van der Waals surface area contributed by atoms with Crippen molar-refractivity contribution in [3.05, 3.63) is 35.4 Å². The first-order chi connectivity index (χ1) is 13.5. The van der Waals surface area contributed by atoms with Gasteiger partial charge in [-0.2, -0.15) is 0 Å². The van der Waals surface area contributed by atoms with Crippen molar-refractivity contribution in [2.24, 2.45) is 0 Å². The quantitative estimate of drug-likeness (QED) is 0.220. The summed E-state index contributed by atoms with van der Waals surface area (Å²) in [4.78, 5) is 25.1. The Labute approximate surface area is 179 Å². The van der Waals surface area contributed by atoms with Crippen LogP contribution in [0.5, 0.6) is 6.01 Å². The molecule has 0 spiro atoms. The maximum atomic E-state index is 11.1. The summed E-state index contributed by atoms with van der Waals surface area (Å²) in [5.74, 6) is -0.449. The van der Waals surface area contributed by atoms with Crippen LogP contribution in [0, 0.1) is 0 Å². The zero-order valence-corrected chi connectivity index (χ0v) is 18.1. The van der Waals surface area contributed by atoms with Crippen LogP contribution in [0.1, 0.15) is 6.92 Å². The topological polar surface area (TPSA) is 74.4 Å². The summed E-state index contributed by atoms with van der Waals surface area (Å²) in [6.45, 7) is 5.30. The summed E-state index contributed by atoms with van der Waals surface area (Å²) in [5, 5.41) is 0.499. The van der Waals surface area contributed by atoms with Gasteiger partial charge in [-0.25, -0.2) is 0 Å². The summed E-state index contributed by atoms with van der Waals surface area (Å²) in [5.41, 5.74) is 9.59. The van der Waals surface area contributed by atoms with Crippen molar-refractivity contribution >= 4 is 40.1 Å². The molecule has 2 radical (unpaired) electrons. The van der Waals surface area contributed by atoms with E-state index in [1.165, 1.54) is 12.6 Å². The molecule has 7 nitrogen and oxygen atoms in total. The monoisotopic (exact) mass is 508 g/mol. The fraction of sp³-hybridized carbons (Fsp3) is 0.278. The number of carbonyl (C=O) groups excluding carboxylic acids is 1. The van der Waals surface area contributed by atoms with E-state index in [0.717, 1.165) is 31.7 Å². The summed E-state index contributed by atoms with van der Waals surface area (Å²) >= 11 is 6.12. The third-order valence-corrected chi connectivity index (χ3v) is 6.56. The molecule has 144 valence electrons. The summed E-state index contributed by atoms with van der Waals surface area (Å²) < 4.78 is 7.32. The summed E-state index contributed by atoms with van der Waals surface area (Å²) in [7, 11) is 0. The van der Waals surface area contributed by atoms with E-state index in [4.69, 9.17) is 22.0 Å². The number of halogens is 2. The fourth-order valence-corrected chi connectivity index (χ4v) is 4.40. The van der Waals surface area contributed by atoms with Gasteiger partial charge in [0.15, 0.2) is 0 Å². The maximum absolute atomic E-state index is 11.1. The molecule has 0 atom stereocenters. The van der Waals surface area contributed by atoms with Gasteiger partial charge in [0, 0.05) is 6.92 Å². The van der Waals surface area contributed by atoms with Gasteiger partial charge in [-0.05, 0) is 0 Å². The number of hydrogen-bond donors (Lipinski definition) is 1. The van der Waals surface area contributed by atoms with E-state index in [-0.39, 0.29) is 27.3 Å². The standard InChI is InChI=1S/C18H17BClIN5O2/c1-11(27)28-18-22-15-10-14(20)16(23-17(15)24-18)12-2-4-13(5-3-12)25-6-8-26(21-19)9-7-25/h2-5,10H,6-9H2,1H3,(H,22,23,24)/q-1. The van der Waals surface area contributed by atoms with E-state index >= 15 is 0 Å². The van der Waals surface area contributed by atoms with E-state index in [0.29, 0.717) is 21.9 Å². The minimum absolute atomic E-state index is 0.109. The first-order valence-corrected chi connectivity index (χ1v) is 11.3.